The predicted molar refractivity (Wildman–Crippen MR) is 101 cm³/mol. The van der Waals surface area contributed by atoms with Gasteiger partial charge in [0, 0.05) is 38.5 Å². The van der Waals surface area contributed by atoms with Crippen LogP contribution in [-0.4, -0.2) is 61.0 Å². The van der Waals surface area contributed by atoms with E-state index in [4.69, 9.17) is 4.74 Å². The highest BCUT2D eigenvalue weighted by atomic mass is 16.5. The molecular weight excluding hydrogens is 328 g/mol. The fourth-order valence-electron chi connectivity index (χ4n) is 3.77. The third kappa shape index (κ3) is 5.07. The van der Waals surface area contributed by atoms with Gasteiger partial charge in [-0.3, -0.25) is 9.59 Å². The number of ether oxygens (including phenoxy) is 1. The number of morpholine rings is 1. The van der Waals surface area contributed by atoms with Crippen molar-refractivity contribution in [1.82, 2.24) is 9.80 Å². The number of nitrogens with zero attached hydrogens (tertiary/aromatic N) is 2. The summed E-state index contributed by atoms with van der Waals surface area (Å²) in [6.07, 6.45) is 4.00. The van der Waals surface area contributed by atoms with Gasteiger partial charge in [0.25, 0.3) is 0 Å². The summed E-state index contributed by atoms with van der Waals surface area (Å²) in [7, 11) is 0. The number of carbonyl (C=O) groups is 2. The Balaban J connectivity index is 1.37. The molecule has 2 amide bonds. The average molecular weight is 358 g/mol. The van der Waals surface area contributed by atoms with E-state index in [1.807, 2.05) is 9.80 Å². The lowest BCUT2D eigenvalue weighted by molar-refractivity contribution is -0.143. The molecule has 0 unspecified atom stereocenters. The molecule has 1 aromatic carbocycles. The van der Waals surface area contributed by atoms with Crippen molar-refractivity contribution in [1.29, 1.82) is 0 Å². The monoisotopic (exact) mass is 358 g/mol. The summed E-state index contributed by atoms with van der Waals surface area (Å²) in [4.78, 5) is 28.9. The van der Waals surface area contributed by atoms with Gasteiger partial charge in [-0.2, -0.15) is 0 Å². The maximum Gasteiger partial charge on any atom is 0.225 e. The van der Waals surface area contributed by atoms with Crippen molar-refractivity contribution >= 4 is 11.8 Å². The van der Waals surface area contributed by atoms with Crippen LogP contribution in [0.3, 0.4) is 0 Å². The van der Waals surface area contributed by atoms with Crippen molar-refractivity contribution in [3.05, 3.63) is 35.4 Å². The van der Waals surface area contributed by atoms with Crippen LogP contribution < -0.4 is 0 Å². The Morgan fingerprint density at radius 1 is 1.00 bits per heavy atom. The third-order valence-electron chi connectivity index (χ3n) is 5.50. The van der Waals surface area contributed by atoms with E-state index in [-0.39, 0.29) is 17.7 Å². The topological polar surface area (TPSA) is 49.9 Å². The molecule has 0 atom stereocenters. The summed E-state index contributed by atoms with van der Waals surface area (Å²) in [5.41, 5.74) is 2.55. The fourth-order valence-corrected chi connectivity index (χ4v) is 3.77. The van der Waals surface area contributed by atoms with Gasteiger partial charge in [0.1, 0.15) is 0 Å². The number of carbonyl (C=O) groups excluding carboxylic acids is 2. The Morgan fingerprint density at radius 2 is 1.65 bits per heavy atom. The van der Waals surface area contributed by atoms with Crippen LogP contribution in [0.2, 0.25) is 0 Å². The summed E-state index contributed by atoms with van der Waals surface area (Å²) < 4.78 is 5.31. The highest BCUT2D eigenvalue weighted by Crippen LogP contribution is 2.21. The highest BCUT2D eigenvalue weighted by Gasteiger charge is 2.30. The van der Waals surface area contributed by atoms with E-state index in [1.54, 1.807) is 0 Å². The quantitative estimate of drug-likeness (QED) is 0.812. The number of likely N-dealkylation sites (tertiary alicyclic amines) is 1. The molecule has 0 bridgehead atoms. The lowest BCUT2D eigenvalue weighted by atomic mass is 9.94. The van der Waals surface area contributed by atoms with Crippen molar-refractivity contribution in [3.8, 4) is 0 Å². The standard InChI is InChI=1S/C21H30N2O3/c1-17-5-7-18(8-6-17)3-2-4-20(24)22-11-9-19(10-12-22)21(25)23-13-15-26-16-14-23/h5-8,19H,2-4,9-16H2,1H3. The Bertz CT molecular complexity index is 600. The van der Waals surface area contributed by atoms with Crippen LogP contribution >= 0.6 is 0 Å². The Morgan fingerprint density at radius 3 is 2.31 bits per heavy atom. The Hall–Kier alpha value is -1.88. The van der Waals surface area contributed by atoms with Gasteiger partial charge in [-0.15, -0.1) is 0 Å². The molecule has 2 fully saturated rings. The van der Waals surface area contributed by atoms with E-state index < -0.39 is 0 Å². The van der Waals surface area contributed by atoms with E-state index in [1.165, 1.54) is 11.1 Å². The molecule has 5 nitrogen and oxygen atoms in total. The highest BCUT2D eigenvalue weighted by molar-refractivity contribution is 5.80. The molecule has 1 aromatic rings. The zero-order chi connectivity index (χ0) is 18.4. The molecule has 3 rings (SSSR count). The molecule has 0 N–H and O–H groups in total. The Kier molecular flexibility index (Phi) is 6.67. The van der Waals surface area contributed by atoms with Crippen molar-refractivity contribution in [2.24, 2.45) is 5.92 Å². The second kappa shape index (κ2) is 9.17. The van der Waals surface area contributed by atoms with Crippen molar-refractivity contribution in [2.75, 3.05) is 39.4 Å². The second-order valence-corrected chi connectivity index (χ2v) is 7.43. The van der Waals surface area contributed by atoms with Gasteiger partial charge < -0.3 is 14.5 Å². The number of piperidine rings is 1. The van der Waals surface area contributed by atoms with Crippen molar-refractivity contribution < 1.29 is 14.3 Å². The lowest BCUT2D eigenvalue weighted by Crippen LogP contribution is -2.47. The summed E-state index contributed by atoms with van der Waals surface area (Å²) in [6.45, 7) is 6.21. The van der Waals surface area contributed by atoms with E-state index in [0.29, 0.717) is 45.8 Å². The molecule has 5 heteroatoms. The first-order valence-electron chi connectivity index (χ1n) is 9.83. The van der Waals surface area contributed by atoms with Crippen LogP contribution in [0.5, 0.6) is 0 Å². The summed E-state index contributed by atoms with van der Waals surface area (Å²) in [6, 6.07) is 8.52. The molecule has 2 aliphatic rings. The first kappa shape index (κ1) is 18.9. The van der Waals surface area contributed by atoms with Gasteiger partial charge in [-0.1, -0.05) is 29.8 Å². The van der Waals surface area contributed by atoms with Gasteiger partial charge in [0.2, 0.25) is 11.8 Å². The number of hydrogen-bond acceptors (Lipinski definition) is 3. The molecular formula is C21H30N2O3. The molecule has 0 aromatic heterocycles. The predicted octanol–water partition coefficient (Wildman–Crippen LogP) is 2.42. The first-order valence-corrected chi connectivity index (χ1v) is 9.83. The zero-order valence-corrected chi connectivity index (χ0v) is 15.8. The molecule has 0 saturated carbocycles. The van der Waals surface area contributed by atoms with Crippen LogP contribution in [0.4, 0.5) is 0 Å². The van der Waals surface area contributed by atoms with Crippen LogP contribution in [0, 0.1) is 12.8 Å². The van der Waals surface area contributed by atoms with Gasteiger partial charge in [0.05, 0.1) is 13.2 Å². The van der Waals surface area contributed by atoms with Crippen LogP contribution in [-0.2, 0) is 20.7 Å². The minimum atomic E-state index is 0.0738. The molecule has 2 aliphatic heterocycles. The van der Waals surface area contributed by atoms with Crippen LogP contribution in [0.1, 0.15) is 36.8 Å². The maximum atomic E-state index is 12.5. The smallest absolute Gasteiger partial charge is 0.225 e. The van der Waals surface area contributed by atoms with Gasteiger partial charge in [0.15, 0.2) is 0 Å². The van der Waals surface area contributed by atoms with E-state index >= 15 is 0 Å². The van der Waals surface area contributed by atoms with E-state index in [9.17, 15) is 9.59 Å². The first-order chi connectivity index (χ1) is 12.6. The molecule has 0 spiro atoms. The van der Waals surface area contributed by atoms with Crippen LogP contribution in [0.15, 0.2) is 24.3 Å². The van der Waals surface area contributed by atoms with Crippen molar-refractivity contribution in [2.45, 2.75) is 39.0 Å². The fraction of sp³-hybridized carbons (Fsp3) is 0.619. The summed E-state index contributed by atoms with van der Waals surface area (Å²) in [5.74, 6) is 0.555. The van der Waals surface area contributed by atoms with Gasteiger partial charge in [-0.25, -0.2) is 0 Å². The minimum absolute atomic E-state index is 0.0738. The normalized spacial score (nSPS) is 18.8. The number of benzene rings is 1. The van der Waals surface area contributed by atoms with Crippen LogP contribution in [0.25, 0.3) is 0 Å². The van der Waals surface area contributed by atoms with E-state index in [2.05, 4.69) is 31.2 Å². The molecule has 0 radical (unpaired) electrons. The molecule has 2 saturated heterocycles. The van der Waals surface area contributed by atoms with Gasteiger partial charge in [-0.05, 0) is 38.2 Å². The van der Waals surface area contributed by atoms with E-state index in [0.717, 1.165) is 25.7 Å². The number of amides is 2. The molecule has 142 valence electrons. The SMILES string of the molecule is Cc1ccc(CCCC(=O)N2CCC(C(=O)N3CCOCC3)CC2)cc1. The Labute approximate surface area is 156 Å². The maximum absolute atomic E-state index is 12.5. The second-order valence-electron chi connectivity index (χ2n) is 7.43. The summed E-state index contributed by atoms with van der Waals surface area (Å²) >= 11 is 0. The minimum Gasteiger partial charge on any atom is -0.378 e. The molecule has 26 heavy (non-hydrogen) atoms. The number of aryl methyl sites for hydroxylation is 2. The molecule has 2 heterocycles. The summed E-state index contributed by atoms with van der Waals surface area (Å²) in [5, 5.41) is 0. The lowest BCUT2D eigenvalue weighted by Gasteiger charge is -2.35. The molecule has 0 aliphatic carbocycles. The van der Waals surface area contributed by atoms with Gasteiger partial charge >= 0.3 is 0 Å². The van der Waals surface area contributed by atoms with Crippen molar-refractivity contribution in [3.63, 3.8) is 0 Å². The third-order valence-corrected chi connectivity index (χ3v) is 5.50. The zero-order valence-electron chi connectivity index (χ0n) is 15.8. The number of hydrogen-bond donors (Lipinski definition) is 0. The largest absolute Gasteiger partial charge is 0.378 e. The number of rotatable bonds is 5. The average Bonchev–Trinajstić information content (AvgIpc) is 2.69.